The molecule has 2 aliphatic rings. The molecule has 15 heavy (non-hydrogen) atoms. The minimum Gasteiger partial charge on any atom is -0.439 e. The van der Waals surface area contributed by atoms with Crippen molar-refractivity contribution in [3.8, 4) is 0 Å². The van der Waals surface area contributed by atoms with E-state index in [1.54, 1.807) is 0 Å². The van der Waals surface area contributed by atoms with E-state index in [1.807, 2.05) is 6.08 Å². The van der Waals surface area contributed by atoms with Crippen molar-refractivity contribution in [3.63, 3.8) is 0 Å². The van der Waals surface area contributed by atoms with Gasteiger partial charge in [0.25, 0.3) is 0 Å². The van der Waals surface area contributed by atoms with Crippen LogP contribution in [-0.4, -0.2) is 29.4 Å². The third kappa shape index (κ3) is 1.78. The van der Waals surface area contributed by atoms with Gasteiger partial charge in [0.05, 0.1) is 6.61 Å². The SMILES string of the molecule is N[C@@H](CO)C(=O)OC1(N)C=C2CCC1C2. The fourth-order valence-corrected chi connectivity index (χ4v) is 2.27. The molecule has 0 aromatic rings. The number of aliphatic hydroxyl groups excluding tert-OH is 1. The van der Waals surface area contributed by atoms with Crippen molar-refractivity contribution in [2.24, 2.45) is 17.4 Å². The maximum absolute atomic E-state index is 11.4. The van der Waals surface area contributed by atoms with Gasteiger partial charge in [-0.15, -0.1) is 0 Å². The van der Waals surface area contributed by atoms with Crippen LogP contribution in [0, 0.1) is 5.92 Å². The molecule has 0 spiro atoms. The maximum Gasteiger partial charge on any atom is 0.327 e. The molecule has 1 saturated carbocycles. The third-order valence-electron chi connectivity index (χ3n) is 3.17. The van der Waals surface area contributed by atoms with Gasteiger partial charge in [0.2, 0.25) is 0 Å². The molecule has 0 aliphatic heterocycles. The van der Waals surface area contributed by atoms with Crippen molar-refractivity contribution < 1.29 is 14.6 Å². The largest absolute Gasteiger partial charge is 0.439 e. The molecule has 3 atom stereocenters. The number of carbonyl (C=O) groups excluding carboxylic acids is 1. The van der Waals surface area contributed by atoms with Crippen molar-refractivity contribution in [1.82, 2.24) is 0 Å². The van der Waals surface area contributed by atoms with E-state index in [-0.39, 0.29) is 5.92 Å². The second kappa shape index (κ2) is 3.59. The van der Waals surface area contributed by atoms with E-state index in [0.29, 0.717) is 0 Å². The highest BCUT2D eigenvalue weighted by Crippen LogP contribution is 2.45. The average molecular weight is 212 g/mol. The molecule has 0 aromatic heterocycles. The van der Waals surface area contributed by atoms with Crippen molar-refractivity contribution in [1.29, 1.82) is 0 Å². The summed E-state index contributed by atoms with van der Waals surface area (Å²) in [6.45, 7) is -0.420. The lowest BCUT2D eigenvalue weighted by Gasteiger charge is -2.31. The fraction of sp³-hybridized carbons (Fsp3) is 0.700. The molecule has 84 valence electrons. The molecular weight excluding hydrogens is 196 g/mol. The molecule has 0 saturated heterocycles. The van der Waals surface area contributed by atoms with Crippen molar-refractivity contribution >= 4 is 5.97 Å². The highest BCUT2D eigenvalue weighted by atomic mass is 16.6. The van der Waals surface area contributed by atoms with Crippen molar-refractivity contribution in [3.05, 3.63) is 11.6 Å². The van der Waals surface area contributed by atoms with Gasteiger partial charge in [0.15, 0.2) is 5.72 Å². The predicted octanol–water partition coefficient (Wildman–Crippen LogP) is -0.756. The molecule has 0 aromatic carbocycles. The third-order valence-corrected chi connectivity index (χ3v) is 3.17. The summed E-state index contributed by atoms with van der Waals surface area (Å²) in [6, 6.07) is -0.997. The Hall–Kier alpha value is -0.910. The highest BCUT2D eigenvalue weighted by molar-refractivity contribution is 5.76. The van der Waals surface area contributed by atoms with E-state index < -0.39 is 24.3 Å². The summed E-state index contributed by atoms with van der Waals surface area (Å²) in [6.07, 6.45) is 4.75. The van der Waals surface area contributed by atoms with Gasteiger partial charge in [-0.3, -0.25) is 10.5 Å². The Bertz CT molecular complexity index is 316. The topological polar surface area (TPSA) is 98.6 Å². The lowest BCUT2D eigenvalue weighted by Crippen LogP contribution is -2.51. The van der Waals surface area contributed by atoms with Crippen LogP contribution in [-0.2, 0) is 9.53 Å². The van der Waals surface area contributed by atoms with Crippen molar-refractivity contribution in [2.45, 2.75) is 31.0 Å². The quantitative estimate of drug-likeness (QED) is 0.324. The first-order chi connectivity index (χ1) is 7.05. The van der Waals surface area contributed by atoms with Gasteiger partial charge in [0, 0.05) is 5.92 Å². The van der Waals surface area contributed by atoms with Crippen LogP contribution < -0.4 is 11.5 Å². The second-order valence-electron chi connectivity index (χ2n) is 4.31. The Labute approximate surface area is 88.1 Å². The molecule has 0 heterocycles. The number of fused-ring (bicyclic) bond motifs is 2. The summed E-state index contributed by atoms with van der Waals surface area (Å²) >= 11 is 0. The van der Waals surface area contributed by atoms with Gasteiger partial charge < -0.3 is 15.6 Å². The van der Waals surface area contributed by atoms with E-state index in [1.165, 1.54) is 5.57 Å². The molecule has 2 rings (SSSR count). The molecule has 2 unspecified atom stereocenters. The van der Waals surface area contributed by atoms with Crippen LogP contribution in [0.4, 0.5) is 0 Å². The lowest BCUT2D eigenvalue weighted by molar-refractivity contribution is -0.161. The minimum atomic E-state index is -0.997. The molecule has 1 fully saturated rings. The number of hydrogen-bond donors (Lipinski definition) is 3. The van der Waals surface area contributed by atoms with Crippen LogP contribution in [0.15, 0.2) is 11.6 Å². The number of esters is 1. The highest BCUT2D eigenvalue weighted by Gasteiger charge is 2.46. The summed E-state index contributed by atoms with van der Waals surface area (Å²) < 4.78 is 5.16. The molecule has 2 aliphatic carbocycles. The number of hydrogen-bond acceptors (Lipinski definition) is 5. The van der Waals surface area contributed by atoms with E-state index in [9.17, 15) is 4.79 Å². The summed E-state index contributed by atoms with van der Waals surface area (Å²) in [7, 11) is 0. The minimum absolute atomic E-state index is 0.183. The van der Waals surface area contributed by atoms with Crippen LogP contribution in [0.1, 0.15) is 19.3 Å². The monoisotopic (exact) mass is 212 g/mol. The Morgan fingerprint density at radius 1 is 1.80 bits per heavy atom. The molecule has 5 nitrogen and oxygen atoms in total. The first-order valence-corrected chi connectivity index (χ1v) is 5.14. The first-order valence-electron chi connectivity index (χ1n) is 5.14. The molecule has 5 N–H and O–H groups in total. The van der Waals surface area contributed by atoms with Gasteiger partial charge in [-0.2, -0.15) is 0 Å². The molecule has 0 amide bonds. The fourth-order valence-electron chi connectivity index (χ4n) is 2.27. The van der Waals surface area contributed by atoms with E-state index in [2.05, 4.69) is 0 Å². The number of aliphatic hydroxyl groups is 1. The molecular formula is C10H16N2O3. The van der Waals surface area contributed by atoms with E-state index in [4.69, 9.17) is 21.3 Å². The zero-order valence-corrected chi connectivity index (χ0v) is 8.48. The normalized spacial score (nSPS) is 35.1. The summed E-state index contributed by atoms with van der Waals surface area (Å²) in [5.41, 5.74) is 11.6. The van der Waals surface area contributed by atoms with E-state index >= 15 is 0 Å². The Kier molecular flexibility index (Phi) is 2.54. The standard InChI is InChI=1S/C10H16N2O3/c11-8(5-13)9(14)15-10(12)4-6-1-2-7(10)3-6/h4,7-8,13H,1-3,5,11-12H2/t7?,8-,10?/m0/s1. The molecule has 0 radical (unpaired) electrons. The number of rotatable bonds is 3. The van der Waals surface area contributed by atoms with Crippen LogP contribution in [0.25, 0.3) is 0 Å². The van der Waals surface area contributed by atoms with Gasteiger partial charge in [0.1, 0.15) is 6.04 Å². The van der Waals surface area contributed by atoms with Gasteiger partial charge in [-0.05, 0) is 25.3 Å². The van der Waals surface area contributed by atoms with Gasteiger partial charge >= 0.3 is 5.97 Å². The summed E-state index contributed by atoms with van der Waals surface area (Å²) in [4.78, 5) is 11.4. The maximum atomic E-state index is 11.4. The van der Waals surface area contributed by atoms with Crippen LogP contribution in [0.2, 0.25) is 0 Å². The van der Waals surface area contributed by atoms with Crippen molar-refractivity contribution in [2.75, 3.05) is 6.61 Å². The van der Waals surface area contributed by atoms with Crippen LogP contribution >= 0.6 is 0 Å². The van der Waals surface area contributed by atoms with Gasteiger partial charge in [-0.25, -0.2) is 0 Å². The summed E-state index contributed by atoms with van der Waals surface area (Å²) in [5.74, 6) is -0.452. The number of carbonyl (C=O) groups is 1. The first kappa shape index (κ1) is 10.6. The zero-order chi connectivity index (χ0) is 11.1. The summed E-state index contributed by atoms with van der Waals surface area (Å²) in [5, 5.41) is 8.71. The number of ether oxygens (including phenoxy) is 1. The molecule has 5 heteroatoms. The predicted molar refractivity (Wildman–Crippen MR) is 53.5 cm³/mol. The molecule has 2 bridgehead atoms. The van der Waals surface area contributed by atoms with Crippen LogP contribution in [0.3, 0.4) is 0 Å². The Balaban J connectivity index is 2.03. The smallest absolute Gasteiger partial charge is 0.327 e. The zero-order valence-electron chi connectivity index (χ0n) is 8.48. The van der Waals surface area contributed by atoms with Gasteiger partial charge in [-0.1, -0.05) is 5.57 Å². The van der Waals surface area contributed by atoms with E-state index in [0.717, 1.165) is 19.3 Å². The number of allylic oxidation sites excluding steroid dienone is 1. The Morgan fingerprint density at radius 2 is 2.53 bits per heavy atom. The average Bonchev–Trinajstić information content (AvgIpc) is 2.75. The lowest BCUT2D eigenvalue weighted by atomic mass is 9.96. The second-order valence-corrected chi connectivity index (χ2v) is 4.31. The number of nitrogens with two attached hydrogens (primary N) is 2. The Morgan fingerprint density at radius 3 is 3.00 bits per heavy atom. The van der Waals surface area contributed by atoms with Crippen LogP contribution in [0.5, 0.6) is 0 Å².